The van der Waals surface area contributed by atoms with Crippen LogP contribution in [0.1, 0.15) is 40.1 Å². The highest BCUT2D eigenvalue weighted by Crippen LogP contribution is 2.22. The first-order valence-electron chi connectivity index (χ1n) is 7.63. The highest BCUT2D eigenvalue weighted by molar-refractivity contribution is 7.17. The van der Waals surface area contributed by atoms with E-state index in [0.29, 0.717) is 16.4 Å². The maximum Gasteiger partial charge on any atom is 0.263 e. The van der Waals surface area contributed by atoms with Crippen molar-refractivity contribution in [3.05, 3.63) is 27.0 Å². The molecule has 0 unspecified atom stereocenters. The van der Waals surface area contributed by atoms with Crippen molar-refractivity contribution < 1.29 is 4.79 Å². The van der Waals surface area contributed by atoms with Gasteiger partial charge in [0.2, 0.25) is 0 Å². The molecule has 0 atom stereocenters. The molecular formula is C15H22ClN5OS. The van der Waals surface area contributed by atoms with Crippen molar-refractivity contribution in [2.24, 2.45) is 0 Å². The summed E-state index contributed by atoms with van der Waals surface area (Å²) >= 11 is 7.51. The van der Waals surface area contributed by atoms with Gasteiger partial charge in [-0.3, -0.25) is 9.48 Å². The molecule has 0 saturated heterocycles. The van der Waals surface area contributed by atoms with Crippen LogP contribution in [0.5, 0.6) is 0 Å². The number of thiazole rings is 1. The second-order valence-electron chi connectivity index (χ2n) is 5.28. The van der Waals surface area contributed by atoms with Crippen molar-refractivity contribution in [2.45, 2.75) is 40.7 Å². The number of carbonyl (C=O) groups is 1. The number of carbonyl (C=O) groups excluding carboxylic acids is 1. The summed E-state index contributed by atoms with van der Waals surface area (Å²) in [6, 6.07) is 0. The Bertz CT molecular complexity index is 694. The predicted octanol–water partition coefficient (Wildman–Crippen LogP) is 3.17. The standard InChI is InChI=1S/C15H22ClN5OS/c1-5-17-15-19-10(3)13(23-15)14(22)18-7-6-8-21-11(4)12(16)9(2)20-21/h5-8H2,1-4H3,(H,17,19)(H,18,22). The fourth-order valence-corrected chi connectivity index (χ4v) is 3.32. The van der Waals surface area contributed by atoms with Crippen molar-refractivity contribution in [3.8, 4) is 0 Å². The second-order valence-corrected chi connectivity index (χ2v) is 6.66. The predicted molar refractivity (Wildman–Crippen MR) is 94.7 cm³/mol. The Hall–Kier alpha value is -1.60. The summed E-state index contributed by atoms with van der Waals surface area (Å²) in [4.78, 5) is 17.2. The summed E-state index contributed by atoms with van der Waals surface area (Å²) in [7, 11) is 0. The molecule has 6 nitrogen and oxygen atoms in total. The average Bonchev–Trinajstić information content (AvgIpc) is 2.99. The highest BCUT2D eigenvalue weighted by Gasteiger charge is 2.14. The summed E-state index contributed by atoms with van der Waals surface area (Å²) in [6.07, 6.45) is 0.794. The van der Waals surface area contributed by atoms with Gasteiger partial charge in [0.05, 0.1) is 22.1 Å². The van der Waals surface area contributed by atoms with Crippen molar-refractivity contribution >= 4 is 34.0 Å². The maximum atomic E-state index is 12.2. The van der Waals surface area contributed by atoms with E-state index >= 15 is 0 Å². The number of amides is 1. The van der Waals surface area contributed by atoms with Gasteiger partial charge < -0.3 is 10.6 Å². The monoisotopic (exact) mass is 355 g/mol. The minimum atomic E-state index is -0.0736. The molecule has 23 heavy (non-hydrogen) atoms. The lowest BCUT2D eigenvalue weighted by atomic mass is 10.3. The SMILES string of the molecule is CCNc1nc(C)c(C(=O)NCCCn2nc(C)c(Cl)c2C)s1. The largest absolute Gasteiger partial charge is 0.362 e. The molecule has 0 radical (unpaired) electrons. The molecule has 2 aromatic rings. The minimum Gasteiger partial charge on any atom is -0.362 e. The van der Waals surface area contributed by atoms with Gasteiger partial charge in [-0.25, -0.2) is 4.98 Å². The van der Waals surface area contributed by atoms with Crippen LogP contribution < -0.4 is 10.6 Å². The molecule has 2 rings (SSSR count). The number of nitrogens with one attached hydrogen (secondary N) is 2. The molecule has 0 aliphatic rings. The molecule has 0 aliphatic heterocycles. The van der Waals surface area contributed by atoms with Crippen molar-refractivity contribution in [3.63, 3.8) is 0 Å². The normalized spacial score (nSPS) is 10.8. The van der Waals surface area contributed by atoms with Gasteiger partial charge in [0.15, 0.2) is 5.13 Å². The van der Waals surface area contributed by atoms with E-state index in [4.69, 9.17) is 11.6 Å². The summed E-state index contributed by atoms with van der Waals surface area (Å²) in [5, 5.41) is 11.9. The molecule has 8 heteroatoms. The molecule has 0 saturated carbocycles. The lowest BCUT2D eigenvalue weighted by molar-refractivity contribution is 0.0956. The Balaban J connectivity index is 1.84. The third kappa shape index (κ3) is 4.23. The molecule has 2 N–H and O–H groups in total. The lowest BCUT2D eigenvalue weighted by Gasteiger charge is -2.06. The zero-order valence-corrected chi connectivity index (χ0v) is 15.4. The van der Waals surface area contributed by atoms with Crippen LogP contribution in [0.25, 0.3) is 0 Å². The molecule has 0 aliphatic carbocycles. The number of rotatable bonds is 7. The Labute approximate surface area is 145 Å². The molecule has 2 aromatic heterocycles. The van der Waals surface area contributed by atoms with E-state index < -0.39 is 0 Å². The zero-order chi connectivity index (χ0) is 17.0. The molecule has 1 amide bonds. The zero-order valence-electron chi connectivity index (χ0n) is 13.9. The summed E-state index contributed by atoms with van der Waals surface area (Å²) in [5.41, 5.74) is 2.56. The van der Waals surface area contributed by atoms with Gasteiger partial charge in [-0.15, -0.1) is 0 Å². The molecule has 0 fully saturated rings. The summed E-state index contributed by atoms with van der Waals surface area (Å²) in [5.74, 6) is -0.0736. The fourth-order valence-electron chi connectivity index (χ4n) is 2.24. The quantitative estimate of drug-likeness (QED) is 0.748. The van der Waals surface area contributed by atoms with Crippen molar-refractivity contribution in [1.82, 2.24) is 20.1 Å². The van der Waals surface area contributed by atoms with Gasteiger partial charge in [-0.05, 0) is 34.1 Å². The Kier molecular flexibility index (Phi) is 6.01. The number of hydrogen-bond acceptors (Lipinski definition) is 5. The van der Waals surface area contributed by atoms with E-state index in [1.54, 1.807) is 0 Å². The van der Waals surface area contributed by atoms with Crippen LogP contribution in [0.15, 0.2) is 0 Å². The average molecular weight is 356 g/mol. The summed E-state index contributed by atoms with van der Waals surface area (Å²) in [6.45, 7) is 9.80. The van der Waals surface area contributed by atoms with E-state index in [0.717, 1.165) is 41.7 Å². The van der Waals surface area contributed by atoms with Gasteiger partial charge >= 0.3 is 0 Å². The van der Waals surface area contributed by atoms with Gasteiger partial charge in [0, 0.05) is 19.6 Å². The van der Waals surface area contributed by atoms with Crippen LogP contribution in [-0.4, -0.2) is 33.8 Å². The highest BCUT2D eigenvalue weighted by atomic mass is 35.5. The fraction of sp³-hybridized carbons (Fsp3) is 0.533. The number of aryl methyl sites for hydroxylation is 3. The van der Waals surface area contributed by atoms with Crippen molar-refractivity contribution in [2.75, 3.05) is 18.4 Å². The Morgan fingerprint density at radius 3 is 2.65 bits per heavy atom. The number of hydrogen-bond donors (Lipinski definition) is 2. The van der Waals surface area contributed by atoms with Gasteiger partial charge in [-0.2, -0.15) is 5.10 Å². The third-order valence-electron chi connectivity index (χ3n) is 3.46. The minimum absolute atomic E-state index is 0.0736. The Morgan fingerprint density at radius 1 is 1.30 bits per heavy atom. The number of halogens is 1. The molecule has 2 heterocycles. The number of aromatic nitrogens is 3. The van der Waals surface area contributed by atoms with E-state index in [1.807, 2.05) is 32.4 Å². The van der Waals surface area contributed by atoms with E-state index in [1.165, 1.54) is 11.3 Å². The maximum absolute atomic E-state index is 12.2. The molecule has 0 spiro atoms. The van der Waals surface area contributed by atoms with E-state index in [-0.39, 0.29) is 5.91 Å². The molecule has 126 valence electrons. The van der Waals surface area contributed by atoms with Gasteiger partial charge in [0.1, 0.15) is 4.88 Å². The Morgan fingerprint density at radius 2 is 2.04 bits per heavy atom. The first-order valence-corrected chi connectivity index (χ1v) is 8.82. The van der Waals surface area contributed by atoms with Crippen LogP contribution in [0.2, 0.25) is 5.02 Å². The first-order chi connectivity index (χ1) is 10.9. The van der Waals surface area contributed by atoms with Crippen molar-refractivity contribution in [1.29, 1.82) is 0 Å². The van der Waals surface area contributed by atoms with Crippen LogP contribution in [0.4, 0.5) is 5.13 Å². The first kappa shape index (κ1) is 17.7. The van der Waals surface area contributed by atoms with Crippen LogP contribution in [0, 0.1) is 20.8 Å². The van der Waals surface area contributed by atoms with Crippen LogP contribution in [0.3, 0.4) is 0 Å². The number of anilines is 1. The second kappa shape index (κ2) is 7.79. The van der Waals surface area contributed by atoms with Gasteiger partial charge in [-0.1, -0.05) is 22.9 Å². The van der Waals surface area contributed by atoms with E-state index in [2.05, 4.69) is 20.7 Å². The van der Waals surface area contributed by atoms with E-state index in [9.17, 15) is 4.79 Å². The smallest absolute Gasteiger partial charge is 0.263 e. The topological polar surface area (TPSA) is 71.8 Å². The van der Waals surface area contributed by atoms with Crippen LogP contribution >= 0.6 is 22.9 Å². The number of nitrogens with zero attached hydrogens (tertiary/aromatic N) is 3. The molecular weight excluding hydrogens is 334 g/mol. The van der Waals surface area contributed by atoms with Gasteiger partial charge in [0.25, 0.3) is 5.91 Å². The summed E-state index contributed by atoms with van der Waals surface area (Å²) < 4.78 is 1.88. The third-order valence-corrected chi connectivity index (χ3v) is 5.12. The lowest BCUT2D eigenvalue weighted by Crippen LogP contribution is -2.25. The molecule has 0 bridgehead atoms. The molecule has 0 aromatic carbocycles. The van der Waals surface area contributed by atoms with Crippen LogP contribution in [-0.2, 0) is 6.54 Å².